The van der Waals surface area contributed by atoms with Crippen molar-refractivity contribution < 1.29 is 14.7 Å². The van der Waals surface area contributed by atoms with Gasteiger partial charge in [0.15, 0.2) is 0 Å². The van der Waals surface area contributed by atoms with Gasteiger partial charge >= 0.3 is 0 Å². The number of hydrogen-bond acceptors (Lipinski definition) is 3. The summed E-state index contributed by atoms with van der Waals surface area (Å²) in [6.07, 6.45) is -0.438. The highest BCUT2D eigenvalue weighted by Crippen LogP contribution is 2.51. The van der Waals surface area contributed by atoms with Crippen molar-refractivity contribution in [1.29, 1.82) is 0 Å². The number of carbonyl (C=O) groups is 2. The van der Waals surface area contributed by atoms with Gasteiger partial charge in [0.2, 0.25) is 11.8 Å². The largest absolute Gasteiger partial charge is 0.381 e. The van der Waals surface area contributed by atoms with Crippen LogP contribution in [0.2, 0.25) is 0 Å². The number of nitrogens with one attached hydrogen (secondary N) is 1. The summed E-state index contributed by atoms with van der Waals surface area (Å²) in [4.78, 5) is 21.8. The molecule has 0 aromatic carbocycles. The first-order valence-corrected chi connectivity index (χ1v) is 4.59. The SMILES string of the molecule is CC1(C)CC1C(=O)NCC(O)C(N)=O. The highest BCUT2D eigenvalue weighted by Gasteiger charge is 2.50. The molecule has 1 saturated carbocycles. The summed E-state index contributed by atoms with van der Waals surface area (Å²) >= 11 is 0. The Bertz CT molecular complexity index is 263. The fraction of sp³-hybridized carbons (Fsp3) is 0.778. The minimum atomic E-state index is -1.29. The molecule has 1 rings (SSSR count). The Kier molecular flexibility index (Phi) is 2.80. The number of amides is 2. The molecule has 14 heavy (non-hydrogen) atoms. The van der Waals surface area contributed by atoms with E-state index < -0.39 is 12.0 Å². The molecular weight excluding hydrogens is 184 g/mol. The predicted molar refractivity (Wildman–Crippen MR) is 50.1 cm³/mol. The van der Waals surface area contributed by atoms with Crippen LogP contribution in [0.15, 0.2) is 0 Å². The highest BCUT2D eigenvalue weighted by molar-refractivity contribution is 5.84. The van der Waals surface area contributed by atoms with E-state index in [-0.39, 0.29) is 23.8 Å². The molecule has 2 atom stereocenters. The Hall–Kier alpha value is -1.10. The molecule has 0 bridgehead atoms. The average molecular weight is 200 g/mol. The van der Waals surface area contributed by atoms with Gasteiger partial charge < -0.3 is 16.2 Å². The Morgan fingerprint density at radius 1 is 1.64 bits per heavy atom. The molecule has 2 unspecified atom stereocenters. The molecule has 0 aromatic heterocycles. The van der Waals surface area contributed by atoms with Crippen LogP contribution in [-0.4, -0.2) is 29.6 Å². The van der Waals surface area contributed by atoms with E-state index in [1.54, 1.807) is 0 Å². The normalized spacial score (nSPS) is 25.2. The van der Waals surface area contributed by atoms with Crippen LogP contribution in [-0.2, 0) is 9.59 Å². The molecule has 1 aliphatic rings. The minimum Gasteiger partial charge on any atom is -0.381 e. The third kappa shape index (κ3) is 2.45. The van der Waals surface area contributed by atoms with E-state index in [9.17, 15) is 9.59 Å². The van der Waals surface area contributed by atoms with E-state index in [2.05, 4.69) is 5.32 Å². The zero-order valence-corrected chi connectivity index (χ0v) is 8.41. The molecular formula is C9H16N2O3. The van der Waals surface area contributed by atoms with E-state index in [1.807, 2.05) is 13.8 Å². The highest BCUT2D eigenvalue weighted by atomic mass is 16.3. The molecule has 0 spiro atoms. The van der Waals surface area contributed by atoms with Crippen molar-refractivity contribution >= 4 is 11.8 Å². The monoisotopic (exact) mass is 200 g/mol. The van der Waals surface area contributed by atoms with Crippen LogP contribution in [0.1, 0.15) is 20.3 Å². The standard InChI is InChI=1S/C9H16N2O3/c1-9(2)3-5(9)8(14)11-4-6(12)7(10)13/h5-6,12H,3-4H2,1-2H3,(H2,10,13)(H,11,14). The third-order valence-corrected chi connectivity index (χ3v) is 2.63. The average Bonchev–Trinajstić information content (AvgIpc) is 2.70. The number of aliphatic hydroxyl groups is 1. The van der Waals surface area contributed by atoms with Crippen molar-refractivity contribution in [2.45, 2.75) is 26.4 Å². The van der Waals surface area contributed by atoms with E-state index in [1.165, 1.54) is 0 Å². The van der Waals surface area contributed by atoms with Gasteiger partial charge in [0.1, 0.15) is 6.10 Å². The van der Waals surface area contributed by atoms with Gasteiger partial charge in [-0.2, -0.15) is 0 Å². The lowest BCUT2D eigenvalue weighted by atomic mass is 10.1. The van der Waals surface area contributed by atoms with E-state index in [4.69, 9.17) is 10.8 Å². The zero-order chi connectivity index (χ0) is 10.9. The van der Waals surface area contributed by atoms with E-state index in [0.29, 0.717) is 0 Å². The molecule has 1 aliphatic carbocycles. The van der Waals surface area contributed by atoms with Gasteiger partial charge in [-0.3, -0.25) is 9.59 Å². The number of carbonyl (C=O) groups excluding carboxylic acids is 2. The van der Waals surface area contributed by atoms with E-state index >= 15 is 0 Å². The molecule has 1 fully saturated rings. The van der Waals surface area contributed by atoms with Crippen LogP contribution < -0.4 is 11.1 Å². The van der Waals surface area contributed by atoms with Gasteiger partial charge in [-0.15, -0.1) is 0 Å². The first-order chi connectivity index (χ1) is 6.34. The molecule has 5 nitrogen and oxygen atoms in total. The molecule has 0 radical (unpaired) electrons. The Morgan fingerprint density at radius 3 is 2.50 bits per heavy atom. The summed E-state index contributed by atoms with van der Waals surface area (Å²) in [7, 11) is 0. The van der Waals surface area contributed by atoms with Crippen molar-refractivity contribution in [1.82, 2.24) is 5.32 Å². The van der Waals surface area contributed by atoms with Gasteiger partial charge in [0.25, 0.3) is 0 Å². The Balaban J connectivity index is 2.26. The Labute approximate surface area is 82.7 Å². The minimum absolute atomic E-state index is 0.00239. The third-order valence-electron chi connectivity index (χ3n) is 2.63. The van der Waals surface area contributed by atoms with Crippen LogP contribution in [0.4, 0.5) is 0 Å². The second kappa shape index (κ2) is 3.57. The number of aliphatic hydroxyl groups excluding tert-OH is 1. The molecule has 0 saturated heterocycles. The second-order valence-electron chi connectivity index (χ2n) is 4.41. The van der Waals surface area contributed by atoms with Crippen LogP contribution in [0.3, 0.4) is 0 Å². The number of rotatable bonds is 4. The van der Waals surface area contributed by atoms with Crippen LogP contribution >= 0.6 is 0 Å². The summed E-state index contributed by atoms with van der Waals surface area (Å²) in [5.74, 6) is -0.932. The summed E-state index contributed by atoms with van der Waals surface area (Å²) in [6.45, 7) is 3.91. The molecule has 0 heterocycles. The molecule has 2 amide bonds. The van der Waals surface area contributed by atoms with Crippen molar-refractivity contribution in [3.63, 3.8) is 0 Å². The maximum absolute atomic E-state index is 11.4. The lowest BCUT2D eigenvalue weighted by Crippen LogP contribution is -2.40. The molecule has 0 aliphatic heterocycles. The van der Waals surface area contributed by atoms with Crippen molar-refractivity contribution in [2.24, 2.45) is 17.1 Å². The number of hydrogen-bond donors (Lipinski definition) is 3. The number of nitrogens with two attached hydrogens (primary N) is 1. The summed E-state index contributed by atoms with van der Waals surface area (Å²) < 4.78 is 0. The predicted octanol–water partition coefficient (Wildman–Crippen LogP) is -1.01. The summed E-state index contributed by atoms with van der Waals surface area (Å²) in [5.41, 5.74) is 4.88. The van der Waals surface area contributed by atoms with Crippen LogP contribution in [0.25, 0.3) is 0 Å². The van der Waals surface area contributed by atoms with Gasteiger partial charge in [-0.05, 0) is 11.8 Å². The topological polar surface area (TPSA) is 92.4 Å². The fourth-order valence-corrected chi connectivity index (χ4v) is 1.34. The van der Waals surface area contributed by atoms with Gasteiger partial charge in [0.05, 0.1) is 6.54 Å². The maximum atomic E-state index is 11.4. The van der Waals surface area contributed by atoms with Crippen LogP contribution in [0, 0.1) is 11.3 Å². The van der Waals surface area contributed by atoms with E-state index in [0.717, 1.165) is 6.42 Å². The molecule has 4 N–H and O–H groups in total. The molecule has 80 valence electrons. The number of primary amides is 1. The zero-order valence-electron chi connectivity index (χ0n) is 8.41. The first kappa shape index (κ1) is 11.0. The maximum Gasteiger partial charge on any atom is 0.248 e. The van der Waals surface area contributed by atoms with Crippen molar-refractivity contribution in [3.05, 3.63) is 0 Å². The second-order valence-corrected chi connectivity index (χ2v) is 4.41. The Morgan fingerprint density at radius 2 is 2.14 bits per heavy atom. The van der Waals surface area contributed by atoms with Gasteiger partial charge in [0, 0.05) is 5.92 Å². The first-order valence-electron chi connectivity index (χ1n) is 4.59. The van der Waals surface area contributed by atoms with Crippen molar-refractivity contribution in [2.75, 3.05) is 6.54 Å². The lowest BCUT2D eigenvalue weighted by Gasteiger charge is -2.09. The fourth-order valence-electron chi connectivity index (χ4n) is 1.34. The quantitative estimate of drug-likeness (QED) is 0.543. The smallest absolute Gasteiger partial charge is 0.248 e. The lowest BCUT2D eigenvalue weighted by molar-refractivity contribution is -0.127. The molecule has 5 heteroatoms. The van der Waals surface area contributed by atoms with Crippen LogP contribution in [0.5, 0.6) is 0 Å². The summed E-state index contributed by atoms with van der Waals surface area (Å²) in [6, 6.07) is 0. The van der Waals surface area contributed by atoms with Gasteiger partial charge in [-0.25, -0.2) is 0 Å². The van der Waals surface area contributed by atoms with Gasteiger partial charge in [-0.1, -0.05) is 13.8 Å². The summed E-state index contributed by atoms with van der Waals surface area (Å²) in [5, 5.41) is 11.5. The molecule has 0 aromatic rings. The van der Waals surface area contributed by atoms with Crippen molar-refractivity contribution in [3.8, 4) is 0 Å².